The molecule has 1 amide bonds. The number of carbonyl (C=O) groups is 2. The number of amides is 1. The number of piperazine rings is 1. The fourth-order valence-corrected chi connectivity index (χ4v) is 3.39. The zero-order valence-corrected chi connectivity index (χ0v) is 16.7. The van der Waals surface area contributed by atoms with Crippen LogP contribution in [-0.2, 0) is 11.3 Å². The van der Waals surface area contributed by atoms with Crippen molar-refractivity contribution in [1.82, 2.24) is 9.80 Å². The van der Waals surface area contributed by atoms with Crippen LogP contribution in [-0.4, -0.2) is 54.2 Å². The second-order valence-electron chi connectivity index (χ2n) is 7.36. The highest BCUT2D eigenvalue weighted by molar-refractivity contribution is 5.95. The van der Waals surface area contributed by atoms with Gasteiger partial charge in [-0.05, 0) is 48.9 Å². The van der Waals surface area contributed by atoms with E-state index in [1.54, 1.807) is 24.3 Å². The van der Waals surface area contributed by atoms with Gasteiger partial charge in [0.05, 0.1) is 11.6 Å². The van der Waals surface area contributed by atoms with Gasteiger partial charge >= 0.3 is 0 Å². The molecule has 150 valence electrons. The lowest BCUT2D eigenvalue weighted by molar-refractivity contribution is -0.116. The van der Waals surface area contributed by atoms with Crippen LogP contribution in [0.5, 0.6) is 0 Å². The van der Waals surface area contributed by atoms with E-state index in [2.05, 4.69) is 21.2 Å². The summed E-state index contributed by atoms with van der Waals surface area (Å²) in [6.45, 7) is 6.96. The molecule has 1 saturated heterocycles. The van der Waals surface area contributed by atoms with Gasteiger partial charge in [-0.3, -0.25) is 14.5 Å². The third-order valence-corrected chi connectivity index (χ3v) is 5.18. The van der Waals surface area contributed by atoms with Crippen molar-refractivity contribution in [2.75, 3.05) is 38.0 Å². The Bertz CT molecular complexity index is 877. The zero-order valence-electron chi connectivity index (χ0n) is 16.7. The quantitative estimate of drug-likeness (QED) is 0.736. The van der Waals surface area contributed by atoms with Gasteiger partial charge in [-0.15, -0.1) is 0 Å². The number of ketones is 1. The monoisotopic (exact) mass is 390 g/mol. The Morgan fingerprint density at radius 2 is 1.59 bits per heavy atom. The van der Waals surface area contributed by atoms with Crippen LogP contribution in [0.1, 0.15) is 34.8 Å². The molecule has 2 aromatic carbocycles. The Hall–Kier alpha value is -3.01. The van der Waals surface area contributed by atoms with Crippen molar-refractivity contribution in [3.05, 3.63) is 65.2 Å². The summed E-state index contributed by atoms with van der Waals surface area (Å²) in [7, 11) is 0. The molecule has 1 aliphatic rings. The van der Waals surface area contributed by atoms with Crippen molar-refractivity contribution >= 4 is 17.4 Å². The third kappa shape index (κ3) is 6.24. The summed E-state index contributed by atoms with van der Waals surface area (Å²) in [5.74, 6) is 0.00166. The summed E-state index contributed by atoms with van der Waals surface area (Å²) in [4.78, 5) is 28.2. The SMILES string of the molecule is CC(=O)c1ccc(NC(=O)CCN2CCN(Cc3ccc(C#N)cc3)CC2)cc1. The van der Waals surface area contributed by atoms with Crippen LogP contribution in [0.3, 0.4) is 0 Å². The first-order valence-electron chi connectivity index (χ1n) is 9.88. The molecule has 0 aromatic heterocycles. The lowest BCUT2D eigenvalue weighted by atomic mass is 10.1. The summed E-state index contributed by atoms with van der Waals surface area (Å²) in [5.41, 5.74) is 3.26. The number of carbonyl (C=O) groups excluding carboxylic acids is 2. The van der Waals surface area contributed by atoms with Gasteiger partial charge in [0.25, 0.3) is 0 Å². The molecule has 1 aliphatic heterocycles. The molecule has 0 aliphatic carbocycles. The molecule has 0 atom stereocenters. The van der Waals surface area contributed by atoms with Gasteiger partial charge in [0.2, 0.25) is 5.91 Å². The van der Waals surface area contributed by atoms with E-state index in [0.29, 0.717) is 23.2 Å². The fourth-order valence-electron chi connectivity index (χ4n) is 3.39. The topological polar surface area (TPSA) is 76.4 Å². The molecule has 0 bridgehead atoms. The van der Waals surface area contributed by atoms with Crippen LogP contribution in [0.15, 0.2) is 48.5 Å². The minimum atomic E-state index is -0.0133. The zero-order chi connectivity index (χ0) is 20.6. The molecule has 0 spiro atoms. The molecular formula is C23H26N4O2. The second kappa shape index (κ2) is 9.97. The average Bonchev–Trinajstić information content (AvgIpc) is 2.74. The minimum absolute atomic E-state index is 0.0133. The molecule has 1 fully saturated rings. The molecule has 3 rings (SSSR count). The molecule has 1 N–H and O–H groups in total. The largest absolute Gasteiger partial charge is 0.326 e. The summed E-state index contributed by atoms with van der Waals surface area (Å²) >= 11 is 0. The Kier molecular flexibility index (Phi) is 7.12. The summed E-state index contributed by atoms with van der Waals surface area (Å²) in [6.07, 6.45) is 0.448. The number of nitrogens with zero attached hydrogens (tertiary/aromatic N) is 3. The summed E-state index contributed by atoms with van der Waals surface area (Å²) in [5, 5.41) is 11.8. The van der Waals surface area contributed by atoms with Gasteiger partial charge in [-0.1, -0.05) is 12.1 Å². The Morgan fingerprint density at radius 1 is 0.966 bits per heavy atom. The molecule has 2 aromatic rings. The molecule has 1 heterocycles. The van der Waals surface area contributed by atoms with Gasteiger partial charge in [0.1, 0.15) is 0 Å². The highest BCUT2D eigenvalue weighted by Gasteiger charge is 2.17. The van der Waals surface area contributed by atoms with E-state index in [-0.39, 0.29) is 11.7 Å². The van der Waals surface area contributed by atoms with Crippen LogP contribution >= 0.6 is 0 Å². The number of Topliss-reactive ketones (excluding diaryl/α,β-unsaturated/α-hetero) is 1. The predicted octanol–water partition coefficient (Wildman–Crippen LogP) is 2.91. The third-order valence-electron chi connectivity index (χ3n) is 5.18. The highest BCUT2D eigenvalue weighted by Crippen LogP contribution is 2.12. The van der Waals surface area contributed by atoms with Crippen LogP contribution in [0.2, 0.25) is 0 Å². The maximum absolute atomic E-state index is 12.2. The molecule has 0 saturated carbocycles. The van der Waals surface area contributed by atoms with E-state index < -0.39 is 0 Å². The van der Waals surface area contributed by atoms with Gasteiger partial charge in [0.15, 0.2) is 5.78 Å². The van der Waals surface area contributed by atoms with E-state index in [1.807, 2.05) is 24.3 Å². The Balaban J connectivity index is 1.37. The molecule has 0 radical (unpaired) electrons. The number of nitriles is 1. The molecule has 6 nitrogen and oxygen atoms in total. The van der Waals surface area contributed by atoms with E-state index >= 15 is 0 Å². The van der Waals surface area contributed by atoms with Crippen molar-refractivity contribution in [3.63, 3.8) is 0 Å². The van der Waals surface area contributed by atoms with Gasteiger partial charge in [-0.25, -0.2) is 0 Å². The Morgan fingerprint density at radius 3 is 2.17 bits per heavy atom. The van der Waals surface area contributed by atoms with E-state index in [4.69, 9.17) is 5.26 Å². The van der Waals surface area contributed by atoms with Crippen molar-refractivity contribution in [3.8, 4) is 6.07 Å². The normalized spacial score (nSPS) is 14.9. The molecule has 6 heteroatoms. The molecule has 29 heavy (non-hydrogen) atoms. The van der Waals surface area contributed by atoms with Crippen molar-refractivity contribution in [2.24, 2.45) is 0 Å². The molecular weight excluding hydrogens is 364 g/mol. The van der Waals surface area contributed by atoms with Crippen molar-refractivity contribution in [2.45, 2.75) is 19.9 Å². The second-order valence-corrected chi connectivity index (χ2v) is 7.36. The van der Waals surface area contributed by atoms with E-state index in [9.17, 15) is 9.59 Å². The lowest BCUT2D eigenvalue weighted by Crippen LogP contribution is -2.46. The predicted molar refractivity (Wildman–Crippen MR) is 113 cm³/mol. The summed E-state index contributed by atoms with van der Waals surface area (Å²) < 4.78 is 0. The standard InChI is InChI=1S/C23H26N4O2/c1-18(28)21-6-8-22(9-7-21)25-23(29)10-11-26-12-14-27(15-13-26)17-20-4-2-19(16-24)3-5-20/h2-9H,10-15,17H2,1H3,(H,25,29). The average molecular weight is 390 g/mol. The maximum Gasteiger partial charge on any atom is 0.225 e. The van der Waals surface area contributed by atoms with E-state index in [1.165, 1.54) is 12.5 Å². The van der Waals surface area contributed by atoms with Crippen LogP contribution in [0.4, 0.5) is 5.69 Å². The first-order chi connectivity index (χ1) is 14.0. The number of benzene rings is 2. The van der Waals surface area contributed by atoms with Gasteiger partial charge in [-0.2, -0.15) is 5.26 Å². The number of nitrogens with one attached hydrogen (secondary N) is 1. The number of anilines is 1. The van der Waals surface area contributed by atoms with Crippen LogP contribution in [0, 0.1) is 11.3 Å². The number of hydrogen-bond donors (Lipinski definition) is 1. The Labute approximate surface area is 171 Å². The first-order valence-corrected chi connectivity index (χ1v) is 9.88. The van der Waals surface area contributed by atoms with Crippen molar-refractivity contribution in [1.29, 1.82) is 5.26 Å². The van der Waals surface area contributed by atoms with E-state index in [0.717, 1.165) is 39.3 Å². The first kappa shape index (κ1) is 20.7. The van der Waals surface area contributed by atoms with Gasteiger partial charge in [0, 0.05) is 56.9 Å². The maximum atomic E-state index is 12.2. The van der Waals surface area contributed by atoms with Crippen molar-refractivity contribution < 1.29 is 9.59 Å². The smallest absolute Gasteiger partial charge is 0.225 e. The number of rotatable bonds is 7. The number of hydrogen-bond acceptors (Lipinski definition) is 5. The molecule has 0 unspecified atom stereocenters. The van der Waals surface area contributed by atoms with Crippen LogP contribution in [0.25, 0.3) is 0 Å². The minimum Gasteiger partial charge on any atom is -0.326 e. The van der Waals surface area contributed by atoms with Crippen LogP contribution < -0.4 is 5.32 Å². The lowest BCUT2D eigenvalue weighted by Gasteiger charge is -2.34. The fraction of sp³-hybridized carbons (Fsp3) is 0.348. The highest BCUT2D eigenvalue weighted by atomic mass is 16.1. The summed E-state index contributed by atoms with van der Waals surface area (Å²) in [6, 6.07) is 16.9. The van der Waals surface area contributed by atoms with Gasteiger partial charge < -0.3 is 10.2 Å².